The van der Waals surface area contributed by atoms with Crippen LogP contribution in [0.4, 0.5) is 5.69 Å². The molecule has 0 bridgehead atoms. The van der Waals surface area contributed by atoms with E-state index in [1.165, 1.54) is 28.6 Å². The first kappa shape index (κ1) is 21.4. The lowest BCUT2D eigenvalue weighted by Gasteiger charge is -2.31. The third-order valence-electron chi connectivity index (χ3n) is 5.60. The Kier molecular flexibility index (Phi) is 6.01. The molecular formula is C21H24N4O5S. The van der Waals surface area contributed by atoms with Crippen LogP contribution in [-0.4, -0.2) is 54.4 Å². The van der Waals surface area contributed by atoms with Crippen molar-refractivity contribution in [1.29, 1.82) is 0 Å². The highest BCUT2D eigenvalue weighted by Gasteiger charge is 2.32. The van der Waals surface area contributed by atoms with Gasteiger partial charge in [0.2, 0.25) is 27.7 Å². The van der Waals surface area contributed by atoms with Crippen molar-refractivity contribution in [2.75, 3.05) is 24.6 Å². The molecule has 31 heavy (non-hydrogen) atoms. The minimum atomic E-state index is -3.64. The van der Waals surface area contributed by atoms with Gasteiger partial charge in [-0.05, 0) is 56.0 Å². The zero-order valence-corrected chi connectivity index (χ0v) is 18.0. The predicted octanol–water partition coefficient (Wildman–Crippen LogP) is 1.92. The van der Waals surface area contributed by atoms with E-state index in [4.69, 9.17) is 4.74 Å². The van der Waals surface area contributed by atoms with Gasteiger partial charge in [-0.1, -0.05) is 0 Å². The molecule has 2 aromatic rings. The number of aromatic nitrogens is 2. The summed E-state index contributed by atoms with van der Waals surface area (Å²) in [5.74, 6) is 0.183. The first-order chi connectivity index (χ1) is 14.8. The Morgan fingerprint density at radius 3 is 2.19 bits per heavy atom. The van der Waals surface area contributed by atoms with Crippen LogP contribution in [0, 0.1) is 12.8 Å². The van der Waals surface area contributed by atoms with Crippen molar-refractivity contribution in [3.8, 4) is 5.88 Å². The molecule has 2 fully saturated rings. The Morgan fingerprint density at radius 1 is 0.968 bits per heavy atom. The van der Waals surface area contributed by atoms with Crippen LogP contribution in [0.5, 0.6) is 5.88 Å². The molecule has 1 aromatic heterocycles. The number of carbonyl (C=O) groups excluding carboxylic acids is 2. The number of anilines is 1. The number of piperidine rings is 1. The third kappa shape index (κ3) is 4.59. The standard InChI is InChI=1S/C21H24N4O5S/c1-15-2-7-19(23-22-15)30-14-16-10-12-24(13-11-16)31(28,29)18-5-3-17(4-6-18)25-20(26)8-9-21(25)27/h2-7,16H,8-14H2,1H3. The Balaban J connectivity index is 1.35. The van der Waals surface area contributed by atoms with Crippen LogP contribution in [0.1, 0.15) is 31.4 Å². The van der Waals surface area contributed by atoms with Gasteiger partial charge in [0.1, 0.15) is 0 Å². The van der Waals surface area contributed by atoms with Crippen LogP contribution < -0.4 is 9.64 Å². The van der Waals surface area contributed by atoms with E-state index >= 15 is 0 Å². The van der Waals surface area contributed by atoms with Gasteiger partial charge >= 0.3 is 0 Å². The lowest BCUT2D eigenvalue weighted by molar-refractivity contribution is -0.121. The Labute approximate surface area is 181 Å². The second kappa shape index (κ2) is 8.72. The summed E-state index contributed by atoms with van der Waals surface area (Å²) in [5.41, 5.74) is 1.22. The topological polar surface area (TPSA) is 110 Å². The lowest BCUT2D eigenvalue weighted by atomic mass is 9.99. The zero-order valence-electron chi connectivity index (χ0n) is 17.2. The molecule has 2 amide bonds. The van der Waals surface area contributed by atoms with Crippen LogP contribution in [-0.2, 0) is 19.6 Å². The summed E-state index contributed by atoms with van der Waals surface area (Å²) in [6.45, 7) is 3.13. The lowest BCUT2D eigenvalue weighted by Crippen LogP contribution is -2.39. The molecule has 0 spiro atoms. The van der Waals surface area contributed by atoms with Crippen LogP contribution in [0.15, 0.2) is 41.3 Å². The van der Waals surface area contributed by atoms with Crippen molar-refractivity contribution in [2.24, 2.45) is 5.92 Å². The van der Waals surface area contributed by atoms with Crippen LogP contribution >= 0.6 is 0 Å². The molecule has 0 aliphatic carbocycles. The number of imide groups is 1. The number of aryl methyl sites for hydroxylation is 1. The summed E-state index contributed by atoms with van der Waals surface area (Å²) in [7, 11) is -3.64. The van der Waals surface area contributed by atoms with E-state index in [1.54, 1.807) is 6.07 Å². The maximum Gasteiger partial charge on any atom is 0.243 e. The number of carbonyl (C=O) groups is 2. The molecule has 0 saturated carbocycles. The first-order valence-electron chi connectivity index (χ1n) is 10.2. The Bertz CT molecular complexity index is 1050. The number of amides is 2. The molecule has 10 heteroatoms. The fourth-order valence-electron chi connectivity index (χ4n) is 3.76. The zero-order chi connectivity index (χ0) is 22.0. The minimum absolute atomic E-state index is 0.153. The van der Waals surface area contributed by atoms with Crippen molar-refractivity contribution in [3.63, 3.8) is 0 Å². The predicted molar refractivity (Wildman–Crippen MR) is 112 cm³/mol. The smallest absolute Gasteiger partial charge is 0.243 e. The highest BCUT2D eigenvalue weighted by molar-refractivity contribution is 7.89. The van der Waals surface area contributed by atoms with E-state index in [-0.39, 0.29) is 35.5 Å². The molecule has 2 aliphatic heterocycles. The molecule has 3 heterocycles. The molecule has 0 atom stereocenters. The molecule has 9 nitrogen and oxygen atoms in total. The number of rotatable bonds is 6. The summed E-state index contributed by atoms with van der Waals surface area (Å²) in [6, 6.07) is 9.53. The van der Waals surface area contributed by atoms with Crippen LogP contribution in [0.25, 0.3) is 0 Å². The largest absolute Gasteiger partial charge is 0.476 e. The molecular weight excluding hydrogens is 420 g/mol. The van der Waals surface area contributed by atoms with Gasteiger partial charge in [-0.3, -0.25) is 14.5 Å². The molecule has 2 aliphatic rings. The van der Waals surface area contributed by atoms with Gasteiger partial charge in [0.05, 0.1) is 22.9 Å². The summed E-state index contributed by atoms with van der Waals surface area (Å²) in [6.07, 6.45) is 1.75. The summed E-state index contributed by atoms with van der Waals surface area (Å²) < 4.78 is 33.1. The van der Waals surface area contributed by atoms with Crippen LogP contribution in [0.2, 0.25) is 0 Å². The van der Waals surface area contributed by atoms with Crippen molar-refractivity contribution < 1.29 is 22.7 Å². The van der Waals surface area contributed by atoms with Crippen molar-refractivity contribution in [1.82, 2.24) is 14.5 Å². The number of benzene rings is 1. The molecule has 4 rings (SSSR count). The molecule has 0 N–H and O–H groups in total. The third-order valence-corrected chi connectivity index (χ3v) is 7.51. The Morgan fingerprint density at radius 2 is 1.61 bits per heavy atom. The van der Waals surface area contributed by atoms with Gasteiger partial charge in [-0.2, -0.15) is 9.40 Å². The maximum absolute atomic E-state index is 13.0. The first-order valence-corrected chi connectivity index (χ1v) is 11.7. The van der Waals surface area contributed by atoms with Crippen molar-refractivity contribution in [3.05, 3.63) is 42.1 Å². The fourth-order valence-corrected chi connectivity index (χ4v) is 5.23. The van der Waals surface area contributed by atoms with E-state index < -0.39 is 10.0 Å². The second-order valence-corrected chi connectivity index (χ2v) is 9.73. The number of hydrogen-bond donors (Lipinski definition) is 0. The van der Waals surface area contributed by atoms with Crippen LogP contribution in [0.3, 0.4) is 0 Å². The second-order valence-electron chi connectivity index (χ2n) is 7.79. The normalized spacial score (nSPS) is 18.5. The number of hydrogen-bond acceptors (Lipinski definition) is 7. The average Bonchev–Trinajstić information content (AvgIpc) is 3.11. The van der Waals surface area contributed by atoms with Gasteiger partial charge < -0.3 is 4.74 Å². The number of ether oxygens (including phenoxy) is 1. The van der Waals surface area contributed by atoms with Crippen molar-refractivity contribution in [2.45, 2.75) is 37.5 Å². The van der Waals surface area contributed by atoms with Crippen molar-refractivity contribution >= 4 is 27.5 Å². The monoisotopic (exact) mass is 444 g/mol. The van der Waals surface area contributed by atoms with Gasteiger partial charge in [-0.15, -0.1) is 5.10 Å². The highest BCUT2D eigenvalue weighted by atomic mass is 32.2. The van der Waals surface area contributed by atoms with Gasteiger partial charge in [0.15, 0.2) is 0 Å². The van der Waals surface area contributed by atoms with Gasteiger partial charge in [-0.25, -0.2) is 8.42 Å². The molecule has 0 radical (unpaired) electrons. The Hall–Kier alpha value is -2.85. The fraction of sp³-hybridized carbons (Fsp3) is 0.429. The van der Waals surface area contributed by atoms with E-state index in [9.17, 15) is 18.0 Å². The number of sulfonamides is 1. The van der Waals surface area contributed by atoms with E-state index in [0.717, 1.165) is 10.6 Å². The summed E-state index contributed by atoms with van der Waals surface area (Å²) >= 11 is 0. The van der Waals surface area contributed by atoms with E-state index in [1.807, 2.05) is 13.0 Å². The molecule has 1 aromatic carbocycles. The molecule has 2 saturated heterocycles. The molecule has 164 valence electrons. The number of nitrogens with zero attached hydrogens (tertiary/aromatic N) is 4. The van der Waals surface area contributed by atoms with E-state index in [2.05, 4.69) is 10.2 Å². The van der Waals surface area contributed by atoms with E-state index in [0.29, 0.717) is 44.1 Å². The quantitative estimate of drug-likeness (QED) is 0.626. The van der Waals surface area contributed by atoms with Gasteiger partial charge in [0.25, 0.3) is 0 Å². The minimum Gasteiger partial charge on any atom is -0.476 e. The maximum atomic E-state index is 13.0. The molecule has 0 unspecified atom stereocenters. The average molecular weight is 445 g/mol. The summed E-state index contributed by atoms with van der Waals surface area (Å²) in [4.78, 5) is 25.0. The SMILES string of the molecule is Cc1ccc(OCC2CCN(S(=O)(=O)c3ccc(N4C(=O)CCC4=O)cc3)CC2)nn1. The van der Waals surface area contributed by atoms with Gasteiger partial charge in [0, 0.05) is 32.0 Å². The highest BCUT2D eigenvalue weighted by Crippen LogP contribution is 2.27. The summed E-state index contributed by atoms with van der Waals surface area (Å²) in [5, 5.41) is 7.93.